The minimum Gasteiger partial charge on any atom is -0.379 e. The van der Waals surface area contributed by atoms with E-state index in [0.717, 1.165) is 58.4 Å². The molecule has 182 valence electrons. The Morgan fingerprint density at radius 1 is 0.939 bits per heavy atom. The molecule has 1 heterocycles. The van der Waals surface area contributed by atoms with Gasteiger partial charge in [0.25, 0.3) is 0 Å². The maximum atomic E-state index is 5.76. The quantitative estimate of drug-likeness (QED) is 0.184. The molecule has 0 aliphatic carbocycles. The second kappa shape index (κ2) is 16.0. The molecule has 1 saturated heterocycles. The molecule has 2 aromatic carbocycles. The predicted molar refractivity (Wildman–Crippen MR) is 146 cm³/mol. The number of ether oxygens (including phenoxy) is 2. The first-order valence-corrected chi connectivity index (χ1v) is 11.8. The topological polar surface area (TPSA) is 58.1 Å². The van der Waals surface area contributed by atoms with Crippen LogP contribution >= 0.6 is 24.0 Å². The molecule has 0 aromatic heterocycles. The van der Waals surface area contributed by atoms with Crippen molar-refractivity contribution in [1.29, 1.82) is 0 Å². The summed E-state index contributed by atoms with van der Waals surface area (Å²) >= 11 is 0. The summed E-state index contributed by atoms with van der Waals surface area (Å²) in [6.07, 6.45) is 1.03. The molecule has 0 unspecified atom stereocenters. The molecule has 33 heavy (non-hydrogen) atoms. The van der Waals surface area contributed by atoms with E-state index in [2.05, 4.69) is 77.9 Å². The lowest BCUT2D eigenvalue weighted by molar-refractivity contribution is 0.0341. The monoisotopic (exact) mass is 566 g/mol. The van der Waals surface area contributed by atoms with E-state index in [4.69, 9.17) is 14.5 Å². The van der Waals surface area contributed by atoms with Crippen molar-refractivity contribution in [3.63, 3.8) is 0 Å². The zero-order valence-corrected chi connectivity index (χ0v) is 22.3. The number of guanidine groups is 1. The highest BCUT2D eigenvalue weighted by Gasteiger charge is 2.12. The zero-order valence-electron chi connectivity index (χ0n) is 20.0. The number of benzene rings is 2. The minimum atomic E-state index is 0. The van der Waals surface area contributed by atoms with Gasteiger partial charge in [0, 0.05) is 39.3 Å². The Balaban J connectivity index is 0.00000385. The summed E-state index contributed by atoms with van der Waals surface area (Å²) in [6.45, 7) is 12.4. The van der Waals surface area contributed by atoms with E-state index in [9.17, 15) is 0 Å². The van der Waals surface area contributed by atoms with Crippen molar-refractivity contribution in [2.24, 2.45) is 4.99 Å². The van der Waals surface area contributed by atoms with Crippen LogP contribution in [0.5, 0.6) is 0 Å². The van der Waals surface area contributed by atoms with Crippen molar-refractivity contribution < 1.29 is 9.47 Å². The summed E-state index contributed by atoms with van der Waals surface area (Å²) in [6, 6.07) is 17.0. The molecule has 7 heteroatoms. The fraction of sp³-hybridized carbons (Fsp3) is 0.500. The minimum absolute atomic E-state index is 0. The average molecular weight is 567 g/mol. The Hall–Kier alpha value is -1.68. The van der Waals surface area contributed by atoms with Gasteiger partial charge in [0.05, 0.1) is 26.4 Å². The standard InChI is InChI=1S/C26H38N4O2.HI/c1-3-15-32-21-25-12-8-6-10-23(25)19-29-26(27-4-2)28-18-22-9-5-7-11-24(22)20-30-13-16-31-17-14-30;/h5-12H,3-4,13-21H2,1-2H3,(H2,27,28,29);1H. The van der Waals surface area contributed by atoms with Gasteiger partial charge in [-0.2, -0.15) is 0 Å². The van der Waals surface area contributed by atoms with Crippen LogP contribution in [0.3, 0.4) is 0 Å². The van der Waals surface area contributed by atoms with Gasteiger partial charge in [-0.3, -0.25) is 4.90 Å². The van der Waals surface area contributed by atoms with Gasteiger partial charge in [-0.25, -0.2) is 4.99 Å². The van der Waals surface area contributed by atoms with Gasteiger partial charge in [0.1, 0.15) is 0 Å². The normalized spacial score (nSPS) is 14.5. The molecule has 0 amide bonds. The number of hydrogen-bond donors (Lipinski definition) is 2. The number of nitrogens with zero attached hydrogens (tertiary/aromatic N) is 2. The first-order valence-electron chi connectivity index (χ1n) is 11.8. The highest BCUT2D eigenvalue weighted by molar-refractivity contribution is 14.0. The fourth-order valence-electron chi connectivity index (χ4n) is 3.75. The highest BCUT2D eigenvalue weighted by atomic mass is 127. The van der Waals surface area contributed by atoms with Gasteiger partial charge in [-0.15, -0.1) is 24.0 Å². The molecular weight excluding hydrogens is 527 g/mol. The zero-order chi connectivity index (χ0) is 22.4. The number of hydrogen-bond acceptors (Lipinski definition) is 4. The molecule has 0 saturated carbocycles. The van der Waals surface area contributed by atoms with Crippen LogP contribution < -0.4 is 10.6 Å². The molecule has 2 N–H and O–H groups in total. The molecule has 3 rings (SSSR count). The summed E-state index contributed by atoms with van der Waals surface area (Å²) in [5.74, 6) is 0.831. The maximum Gasteiger partial charge on any atom is 0.191 e. The molecule has 1 fully saturated rings. The van der Waals surface area contributed by atoms with Crippen molar-refractivity contribution in [3.05, 3.63) is 70.8 Å². The predicted octanol–water partition coefficient (Wildman–Crippen LogP) is 4.32. The van der Waals surface area contributed by atoms with Gasteiger partial charge in [-0.05, 0) is 35.6 Å². The first-order chi connectivity index (χ1) is 15.8. The Morgan fingerprint density at radius 3 is 2.30 bits per heavy atom. The van der Waals surface area contributed by atoms with Crippen molar-refractivity contribution in [3.8, 4) is 0 Å². The van der Waals surface area contributed by atoms with Crippen LogP contribution in [0, 0.1) is 0 Å². The van der Waals surface area contributed by atoms with Gasteiger partial charge >= 0.3 is 0 Å². The molecule has 0 spiro atoms. The van der Waals surface area contributed by atoms with E-state index in [1.165, 1.54) is 22.3 Å². The van der Waals surface area contributed by atoms with Gasteiger partial charge in [-0.1, -0.05) is 55.5 Å². The number of morpholine rings is 1. The molecule has 1 aliphatic rings. The van der Waals surface area contributed by atoms with E-state index >= 15 is 0 Å². The fourth-order valence-corrected chi connectivity index (χ4v) is 3.75. The van der Waals surface area contributed by atoms with Gasteiger partial charge < -0.3 is 20.1 Å². The molecular formula is C26H39IN4O2. The molecule has 0 radical (unpaired) electrons. The smallest absolute Gasteiger partial charge is 0.191 e. The summed E-state index contributed by atoms with van der Waals surface area (Å²) in [5, 5.41) is 6.87. The Labute approximate surface area is 216 Å². The second-order valence-electron chi connectivity index (χ2n) is 8.03. The van der Waals surface area contributed by atoms with Crippen LogP contribution in [-0.4, -0.2) is 50.3 Å². The molecule has 1 aliphatic heterocycles. The van der Waals surface area contributed by atoms with E-state index in [-0.39, 0.29) is 24.0 Å². The summed E-state index contributed by atoms with van der Waals surface area (Å²) < 4.78 is 11.2. The Kier molecular flexibility index (Phi) is 13.4. The Morgan fingerprint density at radius 2 is 1.61 bits per heavy atom. The Bertz CT molecular complexity index is 841. The average Bonchev–Trinajstić information content (AvgIpc) is 2.83. The van der Waals surface area contributed by atoms with Crippen LogP contribution in [0.2, 0.25) is 0 Å². The summed E-state index contributed by atoms with van der Waals surface area (Å²) in [4.78, 5) is 7.33. The summed E-state index contributed by atoms with van der Waals surface area (Å²) in [5.41, 5.74) is 5.07. The van der Waals surface area contributed by atoms with E-state index < -0.39 is 0 Å². The lowest BCUT2D eigenvalue weighted by Gasteiger charge is -2.27. The maximum absolute atomic E-state index is 5.76. The lowest BCUT2D eigenvalue weighted by Crippen LogP contribution is -2.37. The van der Waals surface area contributed by atoms with Crippen LogP contribution in [-0.2, 0) is 35.7 Å². The number of rotatable bonds is 11. The van der Waals surface area contributed by atoms with Gasteiger partial charge in [0.2, 0.25) is 0 Å². The highest BCUT2D eigenvalue weighted by Crippen LogP contribution is 2.14. The van der Waals surface area contributed by atoms with Crippen molar-refractivity contribution in [2.75, 3.05) is 39.5 Å². The third kappa shape index (κ3) is 9.60. The SMILES string of the molecule is CCCOCc1ccccc1CNC(=NCc1ccccc1CN1CCOCC1)NCC.I. The number of nitrogens with one attached hydrogen (secondary N) is 2. The summed E-state index contributed by atoms with van der Waals surface area (Å²) in [7, 11) is 0. The van der Waals surface area contributed by atoms with Crippen molar-refractivity contribution >= 4 is 29.9 Å². The third-order valence-electron chi connectivity index (χ3n) is 5.54. The molecule has 6 nitrogen and oxygen atoms in total. The van der Waals surface area contributed by atoms with Crippen LogP contribution in [0.4, 0.5) is 0 Å². The van der Waals surface area contributed by atoms with Crippen LogP contribution in [0.1, 0.15) is 42.5 Å². The number of aliphatic imine (C=N–C) groups is 1. The lowest BCUT2D eigenvalue weighted by atomic mass is 10.1. The van der Waals surface area contributed by atoms with Crippen molar-refractivity contribution in [1.82, 2.24) is 15.5 Å². The van der Waals surface area contributed by atoms with E-state index in [1.807, 2.05) is 0 Å². The molecule has 0 bridgehead atoms. The third-order valence-corrected chi connectivity index (χ3v) is 5.54. The van der Waals surface area contributed by atoms with E-state index in [0.29, 0.717) is 19.7 Å². The molecule has 0 atom stereocenters. The van der Waals surface area contributed by atoms with Crippen LogP contribution in [0.25, 0.3) is 0 Å². The van der Waals surface area contributed by atoms with Gasteiger partial charge in [0.15, 0.2) is 5.96 Å². The second-order valence-corrected chi connectivity index (χ2v) is 8.03. The van der Waals surface area contributed by atoms with E-state index in [1.54, 1.807) is 0 Å². The van der Waals surface area contributed by atoms with Crippen LogP contribution in [0.15, 0.2) is 53.5 Å². The van der Waals surface area contributed by atoms with Crippen molar-refractivity contribution in [2.45, 2.75) is 46.5 Å². The number of halogens is 1. The largest absolute Gasteiger partial charge is 0.379 e. The first kappa shape index (κ1) is 27.6. The molecule has 2 aromatic rings.